The molecule has 0 radical (unpaired) electrons. The van der Waals surface area contributed by atoms with Crippen LogP contribution in [0.4, 0.5) is 10.1 Å². The maximum Gasteiger partial charge on any atom is 0.264 e. The number of hydrogen-bond donors (Lipinski definition) is 1. The summed E-state index contributed by atoms with van der Waals surface area (Å²) in [4.78, 5) is 30.9. The molecule has 2 aliphatic heterocycles. The highest BCUT2D eigenvalue weighted by Gasteiger charge is 2.27. The summed E-state index contributed by atoms with van der Waals surface area (Å²) < 4.78 is 14.0. The van der Waals surface area contributed by atoms with Gasteiger partial charge in [-0.3, -0.25) is 9.59 Å². The molecule has 1 fully saturated rings. The number of halogens is 1. The second kappa shape index (κ2) is 10.7. The van der Waals surface area contributed by atoms with E-state index < -0.39 is 0 Å². The van der Waals surface area contributed by atoms with Crippen LogP contribution in [0.25, 0.3) is 6.08 Å². The van der Waals surface area contributed by atoms with Crippen LogP contribution in [0.1, 0.15) is 42.6 Å². The number of carbonyl (C=O) groups is 2. The fraction of sp³-hybridized carbons (Fsp3) is 0.407. The number of likely N-dealkylation sites (N-methyl/N-ethyl adjacent to an activating group) is 1. The second-order valence-corrected chi connectivity index (χ2v) is 10.6. The molecule has 180 valence electrons. The van der Waals surface area contributed by atoms with Crippen LogP contribution in [-0.4, -0.2) is 49.9 Å². The zero-order valence-corrected chi connectivity index (χ0v) is 20.8. The van der Waals surface area contributed by atoms with E-state index in [-0.39, 0.29) is 17.6 Å². The number of thioether (sulfide) groups is 1. The van der Waals surface area contributed by atoms with Crippen molar-refractivity contribution < 1.29 is 14.0 Å². The van der Waals surface area contributed by atoms with Crippen LogP contribution in [0.3, 0.4) is 0 Å². The smallest absolute Gasteiger partial charge is 0.264 e. The average Bonchev–Trinajstić information content (AvgIpc) is 2.80. The number of carbonyl (C=O) groups excluding carboxylic acids is 2. The first-order valence-corrected chi connectivity index (χ1v) is 12.7. The van der Waals surface area contributed by atoms with Crippen molar-refractivity contribution in [3.05, 3.63) is 64.3 Å². The van der Waals surface area contributed by atoms with Crippen LogP contribution in [-0.2, 0) is 4.79 Å². The van der Waals surface area contributed by atoms with Crippen molar-refractivity contribution in [1.82, 2.24) is 10.2 Å². The van der Waals surface area contributed by atoms with Crippen LogP contribution < -0.4 is 10.2 Å². The van der Waals surface area contributed by atoms with Crippen molar-refractivity contribution in [3.63, 3.8) is 0 Å². The minimum absolute atomic E-state index is 0.137. The van der Waals surface area contributed by atoms with Crippen LogP contribution in [0, 0.1) is 17.7 Å². The van der Waals surface area contributed by atoms with E-state index >= 15 is 0 Å². The Morgan fingerprint density at radius 2 is 1.91 bits per heavy atom. The lowest BCUT2D eigenvalue weighted by Crippen LogP contribution is -2.40. The number of amides is 2. The number of rotatable bonds is 6. The quantitative estimate of drug-likeness (QED) is 0.464. The third-order valence-corrected chi connectivity index (χ3v) is 7.47. The molecule has 34 heavy (non-hydrogen) atoms. The summed E-state index contributed by atoms with van der Waals surface area (Å²) in [6.45, 7) is 8.49. The van der Waals surface area contributed by atoms with Crippen molar-refractivity contribution in [1.29, 1.82) is 0 Å². The van der Waals surface area contributed by atoms with Gasteiger partial charge in [0.1, 0.15) is 5.82 Å². The molecule has 2 aliphatic rings. The first-order valence-electron chi connectivity index (χ1n) is 11.9. The van der Waals surface area contributed by atoms with E-state index in [0.717, 1.165) is 42.8 Å². The Morgan fingerprint density at radius 1 is 1.18 bits per heavy atom. The highest BCUT2D eigenvalue weighted by molar-refractivity contribution is 8.04. The SMILES string of the molecule is CC1CC(C)CN(CCCNC(=O)c2ccc3c(c2)N(C)C(=O)/C(=C/c2ccccc2F)S3)C1. The van der Waals surface area contributed by atoms with Gasteiger partial charge in [-0.15, -0.1) is 0 Å². The van der Waals surface area contributed by atoms with E-state index in [9.17, 15) is 14.0 Å². The second-order valence-electron chi connectivity index (χ2n) is 9.49. The molecule has 0 saturated carbocycles. The number of nitrogens with zero attached hydrogens (tertiary/aromatic N) is 2. The lowest BCUT2D eigenvalue weighted by atomic mass is 9.92. The number of anilines is 1. The maximum atomic E-state index is 14.0. The van der Waals surface area contributed by atoms with E-state index in [1.807, 2.05) is 6.07 Å². The molecule has 2 amide bonds. The highest BCUT2D eigenvalue weighted by atomic mass is 32.2. The summed E-state index contributed by atoms with van der Waals surface area (Å²) in [5.41, 5.74) is 1.59. The van der Waals surface area contributed by atoms with E-state index in [1.165, 1.54) is 29.1 Å². The van der Waals surface area contributed by atoms with Gasteiger partial charge < -0.3 is 15.1 Å². The van der Waals surface area contributed by atoms with Gasteiger partial charge in [-0.1, -0.05) is 43.8 Å². The molecule has 1 saturated heterocycles. The fourth-order valence-corrected chi connectivity index (χ4v) is 5.93. The zero-order chi connectivity index (χ0) is 24.2. The molecule has 4 rings (SSSR count). The Balaban J connectivity index is 1.37. The molecule has 0 aromatic heterocycles. The largest absolute Gasteiger partial charge is 0.352 e. The summed E-state index contributed by atoms with van der Waals surface area (Å²) in [6, 6.07) is 11.8. The molecule has 0 spiro atoms. The van der Waals surface area contributed by atoms with Crippen LogP contribution in [0.2, 0.25) is 0 Å². The Hall–Kier alpha value is -2.64. The summed E-state index contributed by atoms with van der Waals surface area (Å²) in [6.07, 6.45) is 3.78. The van der Waals surface area contributed by atoms with Crippen molar-refractivity contribution >= 4 is 35.3 Å². The highest BCUT2D eigenvalue weighted by Crippen LogP contribution is 2.42. The Morgan fingerprint density at radius 3 is 2.65 bits per heavy atom. The maximum absolute atomic E-state index is 14.0. The first kappa shape index (κ1) is 24.5. The average molecular weight is 482 g/mol. The van der Waals surface area contributed by atoms with Gasteiger partial charge in [0.15, 0.2) is 0 Å². The number of fused-ring (bicyclic) bond motifs is 1. The molecule has 0 aliphatic carbocycles. The lowest BCUT2D eigenvalue weighted by Gasteiger charge is -2.34. The number of piperidine rings is 1. The van der Waals surface area contributed by atoms with Crippen molar-refractivity contribution in [2.75, 3.05) is 38.1 Å². The standard InChI is InChI=1S/C27H32FN3O2S/c1-18-13-19(2)17-31(16-18)12-6-11-29-26(32)21-9-10-24-23(14-21)30(3)27(33)25(34-24)15-20-7-4-5-8-22(20)28/h4-5,7-10,14-15,18-19H,6,11-13,16-17H2,1-3H3,(H,29,32)/b25-15-. The molecule has 2 aromatic carbocycles. The van der Waals surface area contributed by atoms with Gasteiger partial charge in [0.25, 0.3) is 11.8 Å². The molecule has 5 nitrogen and oxygen atoms in total. The number of hydrogen-bond acceptors (Lipinski definition) is 4. The van der Waals surface area contributed by atoms with E-state index in [4.69, 9.17) is 0 Å². The number of nitrogens with one attached hydrogen (secondary N) is 1. The van der Waals surface area contributed by atoms with Gasteiger partial charge in [-0.05, 0) is 61.6 Å². The van der Waals surface area contributed by atoms with Gasteiger partial charge >= 0.3 is 0 Å². The molecular formula is C27H32FN3O2S. The number of likely N-dealkylation sites (tertiary alicyclic amines) is 1. The third kappa shape index (κ3) is 5.70. The Bertz CT molecular complexity index is 1090. The van der Waals surface area contributed by atoms with Gasteiger partial charge in [-0.2, -0.15) is 0 Å². The molecule has 7 heteroatoms. The van der Waals surface area contributed by atoms with Gasteiger partial charge in [-0.25, -0.2) is 4.39 Å². The van der Waals surface area contributed by atoms with Gasteiger partial charge in [0.05, 0.1) is 10.6 Å². The predicted octanol–water partition coefficient (Wildman–Crippen LogP) is 5.03. The van der Waals surface area contributed by atoms with E-state index in [0.29, 0.717) is 28.3 Å². The van der Waals surface area contributed by atoms with Crippen molar-refractivity contribution in [2.24, 2.45) is 11.8 Å². The van der Waals surface area contributed by atoms with Crippen LogP contribution in [0.15, 0.2) is 52.3 Å². The molecule has 1 N–H and O–H groups in total. The molecule has 0 bridgehead atoms. The monoisotopic (exact) mass is 481 g/mol. The Kier molecular flexibility index (Phi) is 7.73. The van der Waals surface area contributed by atoms with Crippen LogP contribution in [0.5, 0.6) is 0 Å². The van der Waals surface area contributed by atoms with Crippen molar-refractivity contribution in [2.45, 2.75) is 31.6 Å². The zero-order valence-electron chi connectivity index (χ0n) is 20.0. The lowest BCUT2D eigenvalue weighted by molar-refractivity contribution is -0.114. The Labute approximate surface area is 205 Å². The minimum atomic E-state index is -0.367. The molecule has 2 unspecified atom stereocenters. The van der Waals surface area contributed by atoms with E-state index in [1.54, 1.807) is 43.5 Å². The number of benzene rings is 2. The summed E-state index contributed by atoms with van der Waals surface area (Å²) in [7, 11) is 1.68. The van der Waals surface area contributed by atoms with Gasteiger partial charge in [0, 0.05) is 42.7 Å². The fourth-order valence-electron chi connectivity index (χ4n) is 4.85. The molecule has 2 aromatic rings. The normalized spacial score (nSPS) is 22.1. The molecular weight excluding hydrogens is 449 g/mol. The van der Waals surface area contributed by atoms with Crippen LogP contribution >= 0.6 is 11.8 Å². The van der Waals surface area contributed by atoms with Gasteiger partial charge in [0.2, 0.25) is 0 Å². The molecule has 2 atom stereocenters. The van der Waals surface area contributed by atoms with E-state index in [2.05, 4.69) is 24.1 Å². The van der Waals surface area contributed by atoms with Crippen molar-refractivity contribution in [3.8, 4) is 0 Å². The summed E-state index contributed by atoms with van der Waals surface area (Å²) in [5, 5.41) is 3.01. The third-order valence-electron chi connectivity index (χ3n) is 6.39. The predicted molar refractivity (Wildman–Crippen MR) is 136 cm³/mol. The molecule has 2 heterocycles. The first-order chi connectivity index (χ1) is 16.3. The minimum Gasteiger partial charge on any atom is -0.352 e. The summed E-state index contributed by atoms with van der Waals surface area (Å²) in [5.74, 6) is 0.736. The summed E-state index contributed by atoms with van der Waals surface area (Å²) >= 11 is 1.30. The topological polar surface area (TPSA) is 52.7 Å².